The molecule has 3 aliphatic rings. The summed E-state index contributed by atoms with van der Waals surface area (Å²) in [6, 6.07) is -0.318. The molecule has 1 aliphatic carbocycles. The summed E-state index contributed by atoms with van der Waals surface area (Å²) in [5, 5.41) is 8.55. The Hall–Kier alpha value is -1.66. The van der Waals surface area contributed by atoms with E-state index in [-0.39, 0.29) is 30.1 Å². The zero-order valence-corrected chi connectivity index (χ0v) is 15.3. The summed E-state index contributed by atoms with van der Waals surface area (Å²) in [5.74, 6) is -1.22. The lowest BCUT2D eigenvalue weighted by Crippen LogP contribution is -2.45. The van der Waals surface area contributed by atoms with Gasteiger partial charge in [0, 0.05) is 11.6 Å². The number of ketones is 1. The Morgan fingerprint density at radius 3 is 2.56 bits per heavy atom. The summed E-state index contributed by atoms with van der Waals surface area (Å²) in [6.45, 7) is 3.52. The zero-order valence-electron chi connectivity index (χ0n) is 14.5. The van der Waals surface area contributed by atoms with Crippen LogP contribution in [0.5, 0.6) is 0 Å². The monoisotopic (exact) mass is 366 g/mol. The fourth-order valence-electron chi connectivity index (χ4n) is 4.05. The molecule has 1 fully saturated rings. The fraction of sp³-hybridized carbons (Fsp3) is 0.611. The normalized spacial score (nSPS) is 28.2. The molecule has 1 N–H and O–H groups in total. The quantitative estimate of drug-likeness (QED) is 0.770. The number of aliphatic carboxylic acids is 1. The lowest BCUT2D eigenvalue weighted by Gasteiger charge is -2.35. The van der Waals surface area contributed by atoms with Crippen molar-refractivity contribution in [1.29, 1.82) is 0 Å². The first-order valence-corrected chi connectivity index (χ1v) is 9.06. The maximum absolute atomic E-state index is 13.2. The average Bonchev–Trinajstić information content (AvgIpc) is 2.80. The van der Waals surface area contributed by atoms with Crippen molar-refractivity contribution < 1.29 is 19.5 Å². The third-order valence-electron chi connectivity index (χ3n) is 5.49. The number of rotatable bonds is 3. The topological polar surface area (TPSA) is 77.9 Å². The number of carboxylic acid groups (broad SMARTS) is 1. The molecule has 0 aromatic heterocycles. The molecule has 2 heterocycles. The highest BCUT2D eigenvalue weighted by Crippen LogP contribution is 2.42. The summed E-state index contributed by atoms with van der Waals surface area (Å²) in [6.07, 6.45) is 3.18. The first kappa shape index (κ1) is 18.1. The minimum absolute atomic E-state index is 0.0279. The van der Waals surface area contributed by atoms with Gasteiger partial charge in [-0.25, -0.2) is 0 Å². The molecule has 0 aromatic carbocycles. The van der Waals surface area contributed by atoms with E-state index in [1.165, 1.54) is 6.08 Å². The van der Waals surface area contributed by atoms with Crippen LogP contribution in [0, 0.1) is 5.92 Å². The van der Waals surface area contributed by atoms with Gasteiger partial charge < -0.3 is 14.9 Å². The number of carboxylic acids is 1. The number of nitrogens with zero attached hydrogens (tertiary/aromatic N) is 2. The molecule has 2 unspecified atom stereocenters. The predicted molar refractivity (Wildman–Crippen MR) is 93.2 cm³/mol. The molecule has 6 nitrogen and oxygen atoms in total. The molecule has 1 saturated heterocycles. The van der Waals surface area contributed by atoms with Crippen LogP contribution >= 0.6 is 11.6 Å². The molecule has 136 valence electrons. The molecule has 7 heteroatoms. The van der Waals surface area contributed by atoms with Gasteiger partial charge in [0.2, 0.25) is 5.91 Å². The van der Waals surface area contributed by atoms with Crippen LogP contribution in [0.15, 0.2) is 22.9 Å². The summed E-state index contributed by atoms with van der Waals surface area (Å²) in [4.78, 5) is 40.3. The van der Waals surface area contributed by atoms with Crippen LogP contribution in [0.3, 0.4) is 0 Å². The molecule has 0 bridgehead atoms. The molecule has 0 saturated carbocycles. The maximum Gasteiger partial charge on any atom is 0.307 e. The Bertz CT molecular complexity index is 677. The summed E-state index contributed by atoms with van der Waals surface area (Å²) >= 11 is 6.14. The van der Waals surface area contributed by atoms with Crippen LogP contribution in [0.1, 0.15) is 32.6 Å². The van der Waals surface area contributed by atoms with Crippen molar-refractivity contribution in [1.82, 2.24) is 9.80 Å². The van der Waals surface area contributed by atoms with Crippen molar-refractivity contribution in [2.24, 2.45) is 5.92 Å². The van der Waals surface area contributed by atoms with E-state index in [9.17, 15) is 19.5 Å². The van der Waals surface area contributed by atoms with Crippen LogP contribution in [0.4, 0.5) is 0 Å². The number of carbonyl (C=O) groups excluding carboxylic acids is 2. The highest BCUT2D eigenvalue weighted by atomic mass is 35.5. The smallest absolute Gasteiger partial charge is 0.307 e. The van der Waals surface area contributed by atoms with Crippen molar-refractivity contribution in [2.75, 3.05) is 20.1 Å². The predicted octanol–water partition coefficient (Wildman–Crippen LogP) is 1.79. The van der Waals surface area contributed by atoms with Gasteiger partial charge in [0.25, 0.3) is 0 Å². The van der Waals surface area contributed by atoms with Crippen LogP contribution in [0.25, 0.3) is 0 Å². The maximum atomic E-state index is 13.2. The van der Waals surface area contributed by atoms with Gasteiger partial charge in [-0.15, -0.1) is 11.6 Å². The minimum Gasteiger partial charge on any atom is -0.481 e. The van der Waals surface area contributed by atoms with E-state index in [4.69, 9.17) is 11.6 Å². The average molecular weight is 367 g/mol. The molecule has 2 atom stereocenters. The molecular formula is C18H23ClN2O4. The first-order chi connectivity index (χ1) is 11.8. The van der Waals surface area contributed by atoms with Gasteiger partial charge in [-0.05, 0) is 63.5 Å². The van der Waals surface area contributed by atoms with Gasteiger partial charge in [-0.1, -0.05) is 0 Å². The number of hydrogen-bond acceptors (Lipinski definition) is 4. The molecule has 3 rings (SSSR count). The van der Waals surface area contributed by atoms with E-state index < -0.39 is 11.3 Å². The largest absolute Gasteiger partial charge is 0.481 e. The van der Waals surface area contributed by atoms with Crippen LogP contribution in [0.2, 0.25) is 0 Å². The number of allylic oxidation sites excluding steroid dienone is 2. The lowest BCUT2D eigenvalue weighted by molar-refractivity contribution is -0.137. The van der Waals surface area contributed by atoms with Gasteiger partial charge >= 0.3 is 5.97 Å². The number of alkyl halides is 1. The number of halogens is 1. The summed E-state index contributed by atoms with van der Waals surface area (Å²) < 4.78 is 0. The van der Waals surface area contributed by atoms with Gasteiger partial charge in [-0.3, -0.25) is 14.4 Å². The molecule has 25 heavy (non-hydrogen) atoms. The van der Waals surface area contributed by atoms with E-state index in [1.807, 2.05) is 7.05 Å². The second kappa shape index (κ2) is 6.92. The van der Waals surface area contributed by atoms with Gasteiger partial charge in [0.15, 0.2) is 5.78 Å². The summed E-state index contributed by atoms with van der Waals surface area (Å²) in [7, 11) is 2.04. The van der Waals surface area contributed by atoms with Crippen molar-refractivity contribution >= 4 is 29.3 Å². The highest BCUT2D eigenvalue weighted by Gasteiger charge is 2.44. The summed E-state index contributed by atoms with van der Waals surface area (Å²) in [5.41, 5.74) is 1.89. The van der Waals surface area contributed by atoms with Crippen molar-refractivity contribution in [3.05, 3.63) is 22.9 Å². The van der Waals surface area contributed by atoms with E-state index in [2.05, 4.69) is 4.90 Å². The number of fused-ring (bicyclic) bond motifs is 1. The molecular weight excluding hydrogens is 344 g/mol. The fourth-order valence-corrected chi connectivity index (χ4v) is 4.28. The van der Waals surface area contributed by atoms with Crippen LogP contribution < -0.4 is 0 Å². The van der Waals surface area contributed by atoms with Crippen molar-refractivity contribution in [2.45, 2.75) is 44.0 Å². The Morgan fingerprint density at radius 1 is 1.32 bits per heavy atom. The van der Waals surface area contributed by atoms with E-state index in [0.717, 1.165) is 25.9 Å². The Balaban J connectivity index is 1.93. The SMILES string of the molecule is CC1=C(CC(=O)O)C2=CC(=O)C(Cl)CC2N1C(=O)C1CCN(C)CC1. The van der Waals surface area contributed by atoms with Gasteiger partial charge in [-0.2, -0.15) is 0 Å². The minimum atomic E-state index is -0.969. The van der Waals surface area contributed by atoms with Crippen molar-refractivity contribution in [3.63, 3.8) is 0 Å². The number of amides is 1. The number of likely N-dealkylation sites (tertiary alicyclic amines) is 1. The Labute approximate surface area is 152 Å². The standard InChI is InChI=1S/C18H23ClN2O4/c1-10-12(8-17(23)24)13-7-16(22)14(19)9-15(13)21(10)18(25)11-3-5-20(2)6-4-11/h7,11,14-15H,3-6,8-9H2,1-2H3,(H,23,24). The zero-order chi connectivity index (χ0) is 18.3. The molecule has 0 spiro atoms. The van der Waals surface area contributed by atoms with Gasteiger partial charge in [0.05, 0.1) is 17.8 Å². The first-order valence-electron chi connectivity index (χ1n) is 8.62. The highest BCUT2D eigenvalue weighted by molar-refractivity contribution is 6.33. The van der Waals surface area contributed by atoms with Crippen LogP contribution in [-0.4, -0.2) is 64.1 Å². The number of hydrogen-bond donors (Lipinski definition) is 1. The lowest BCUT2D eigenvalue weighted by atomic mass is 9.88. The third-order valence-corrected chi connectivity index (χ3v) is 5.88. The number of carbonyl (C=O) groups is 3. The van der Waals surface area contributed by atoms with E-state index in [1.54, 1.807) is 11.8 Å². The second-order valence-corrected chi connectivity index (χ2v) is 7.67. The van der Waals surface area contributed by atoms with E-state index in [0.29, 0.717) is 23.3 Å². The van der Waals surface area contributed by atoms with Crippen molar-refractivity contribution in [3.8, 4) is 0 Å². The Morgan fingerprint density at radius 2 is 1.96 bits per heavy atom. The molecule has 0 aromatic rings. The van der Waals surface area contributed by atoms with Gasteiger partial charge in [0.1, 0.15) is 0 Å². The molecule has 1 amide bonds. The van der Waals surface area contributed by atoms with Crippen LogP contribution in [-0.2, 0) is 14.4 Å². The molecule has 2 aliphatic heterocycles. The van der Waals surface area contributed by atoms with E-state index >= 15 is 0 Å². The second-order valence-electron chi connectivity index (χ2n) is 7.14. The molecule has 0 radical (unpaired) electrons. The third kappa shape index (κ3) is 3.37. The number of piperidine rings is 1. The Kier molecular flexibility index (Phi) is 5.02.